The first-order valence-corrected chi connectivity index (χ1v) is 7.65. The van der Waals surface area contributed by atoms with Crippen LogP contribution in [-0.2, 0) is 4.79 Å². The zero-order valence-electron chi connectivity index (χ0n) is 13.0. The molecule has 2 aromatic carbocycles. The maximum atomic E-state index is 12.2. The average Bonchev–Trinajstić information content (AvgIpc) is 2.95. The number of nitrogens with two attached hydrogens (primary N) is 1. The van der Waals surface area contributed by atoms with Crippen molar-refractivity contribution in [2.24, 2.45) is 5.92 Å². The summed E-state index contributed by atoms with van der Waals surface area (Å²) in [7, 11) is 0. The van der Waals surface area contributed by atoms with Gasteiger partial charge in [-0.1, -0.05) is 0 Å². The van der Waals surface area contributed by atoms with Crippen LogP contribution in [0.15, 0.2) is 48.5 Å². The number of ether oxygens (including phenoxy) is 1. The summed E-state index contributed by atoms with van der Waals surface area (Å²) in [5, 5.41) is 8.87. The van der Waals surface area contributed by atoms with Crippen molar-refractivity contribution in [3.8, 4) is 5.75 Å². The largest absolute Gasteiger partial charge is 0.493 e. The molecule has 24 heavy (non-hydrogen) atoms. The maximum absolute atomic E-state index is 12.2. The fourth-order valence-corrected chi connectivity index (χ4v) is 2.70. The summed E-state index contributed by atoms with van der Waals surface area (Å²) in [5.41, 5.74) is 7.38. The predicted octanol–water partition coefficient (Wildman–Crippen LogP) is 2.40. The number of amides is 1. The first kappa shape index (κ1) is 15.9. The Bertz CT molecular complexity index is 741. The lowest BCUT2D eigenvalue weighted by molar-refractivity contribution is -0.117. The van der Waals surface area contributed by atoms with Crippen LogP contribution >= 0.6 is 0 Å². The molecule has 0 radical (unpaired) electrons. The molecule has 1 heterocycles. The van der Waals surface area contributed by atoms with Crippen molar-refractivity contribution in [3.63, 3.8) is 0 Å². The topological polar surface area (TPSA) is 92.9 Å². The predicted molar refractivity (Wildman–Crippen MR) is 90.2 cm³/mol. The van der Waals surface area contributed by atoms with E-state index in [2.05, 4.69) is 0 Å². The molecule has 1 saturated heterocycles. The molecule has 1 fully saturated rings. The number of benzene rings is 2. The van der Waals surface area contributed by atoms with Crippen molar-refractivity contribution in [1.29, 1.82) is 0 Å². The van der Waals surface area contributed by atoms with E-state index in [1.54, 1.807) is 29.2 Å². The highest BCUT2D eigenvalue weighted by molar-refractivity contribution is 5.95. The normalized spacial score (nSPS) is 17.1. The summed E-state index contributed by atoms with van der Waals surface area (Å²) in [6.45, 7) is 1.000. The third-order valence-electron chi connectivity index (χ3n) is 4.00. The zero-order valence-corrected chi connectivity index (χ0v) is 13.0. The lowest BCUT2D eigenvalue weighted by atomic mass is 10.1. The lowest BCUT2D eigenvalue weighted by Gasteiger charge is -2.17. The summed E-state index contributed by atoms with van der Waals surface area (Å²) in [5.74, 6) is -0.218. The van der Waals surface area contributed by atoms with Gasteiger partial charge in [-0.15, -0.1) is 0 Å². The van der Waals surface area contributed by atoms with Gasteiger partial charge in [-0.3, -0.25) is 4.79 Å². The molecule has 0 bridgehead atoms. The van der Waals surface area contributed by atoms with Crippen LogP contribution in [0.1, 0.15) is 16.8 Å². The third kappa shape index (κ3) is 3.48. The minimum absolute atomic E-state index is 0.0644. The molecule has 0 aliphatic carbocycles. The second kappa shape index (κ2) is 6.62. The monoisotopic (exact) mass is 326 g/mol. The highest BCUT2D eigenvalue weighted by atomic mass is 16.5. The smallest absolute Gasteiger partial charge is 0.335 e. The van der Waals surface area contributed by atoms with Gasteiger partial charge in [0.1, 0.15) is 5.75 Å². The Kier molecular flexibility index (Phi) is 4.37. The van der Waals surface area contributed by atoms with E-state index >= 15 is 0 Å². The van der Waals surface area contributed by atoms with Crippen LogP contribution in [0.4, 0.5) is 11.4 Å². The SMILES string of the molecule is Nc1ccc(N2CC(COc3ccc(C(=O)O)cc3)CC2=O)cc1. The molecule has 6 heteroatoms. The van der Waals surface area contributed by atoms with Crippen LogP contribution in [0.25, 0.3) is 0 Å². The molecular formula is C18H18N2O4. The fourth-order valence-electron chi connectivity index (χ4n) is 2.70. The first-order valence-electron chi connectivity index (χ1n) is 7.65. The Hall–Kier alpha value is -3.02. The van der Waals surface area contributed by atoms with Crippen LogP contribution in [0, 0.1) is 5.92 Å². The Morgan fingerprint density at radius 1 is 1.17 bits per heavy atom. The van der Waals surface area contributed by atoms with E-state index in [1.807, 2.05) is 12.1 Å². The number of hydrogen-bond donors (Lipinski definition) is 2. The van der Waals surface area contributed by atoms with Gasteiger partial charge < -0.3 is 20.5 Å². The molecule has 0 spiro atoms. The molecule has 1 atom stereocenters. The molecule has 3 N–H and O–H groups in total. The van der Waals surface area contributed by atoms with Gasteiger partial charge in [-0.2, -0.15) is 0 Å². The van der Waals surface area contributed by atoms with Gasteiger partial charge in [0, 0.05) is 30.3 Å². The highest BCUT2D eigenvalue weighted by Gasteiger charge is 2.31. The molecule has 6 nitrogen and oxygen atoms in total. The van der Waals surface area contributed by atoms with Gasteiger partial charge in [-0.25, -0.2) is 4.79 Å². The number of carbonyl (C=O) groups excluding carboxylic acids is 1. The molecular weight excluding hydrogens is 308 g/mol. The second-order valence-electron chi connectivity index (χ2n) is 5.81. The number of hydrogen-bond acceptors (Lipinski definition) is 4. The van der Waals surface area contributed by atoms with E-state index in [-0.39, 0.29) is 17.4 Å². The molecule has 1 unspecified atom stereocenters. The van der Waals surface area contributed by atoms with Crippen LogP contribution in [0.5, 0.6) is 5.75 Å². The highest BCUT2D eigenvalue weighted by Crippen LogP contribution is 2.26. The second-order valence-corrected chi connectivity index (χ2v) is 5.81. The third-order valence-corrected chi connectivity index (χ3v) is 4.00. The summed E-state index contributed by atoms with van der Waals surface area (Å²) in [6.07, 6.45) is 0.428. The average molecular weight is 326 g/mol. The van der Waals surface area contributed by atoms with Crippen molar-refractivity contribution in [1.82, 2.24) is 0 Å². The van der Waals surface area contributed by atoms with Gasteiger partial charge in [-0.05, 0) is 48.5 Å². The van der Waals surface area contributed by atoms with Crippen LogP contribution in [-0.4, -0.2) is 30.1 Å². The van der Waals surface area contributed by atoms with E-state index in [1.165, 1.54) is 12.1 Å². The van der Waals surface area contributed by atoms with Crippen LogP contribution < -0.4 is 15.4 Å². The van der Waals surface area contributed by atoms with Gasteiger partial charge in [0.05, 0.1) is 12.2 Å². The molecule has 2 aromatic rings. The van der Waals surface area contributed by atoms with E-state index in [0.29, 0.717) is 31.0 Å². The Morgan fingerprint density at radius 3 is 2.46 bits per heavy atom. The number of aromatic carboxylic acids is 1. The number of carbonyl (C=O) groups is 2. The molecule has 124 valence electrons. The van der Waals surface area contributed by atoms with Gasteiger partial charge in [0.2, 0.25) is 5.91 Å². The van der Waals surface area contributed by atoms with Crippen molar-refractivity contribution < 1.29 is 19.4 Å². The molecule has 3 rings (SSSR count). The Balaban J connectivity index is 1.58. The molecule has 1 amide bonds. The first-order chi connectivity index (χ1) is 11.5. The fraction of sp³-hybridized carbons (Fsp3) is 0.222. The summed E-state index contributed by atoms with van der Waals surface area (Å²) in [4.78, 5) is 24.7. The number of anilines is 2. The van der Waals surface area contributed by atoms with Crippen molar-refractivity contribution in [3.05, 3.63) is 54.1 Å². The molecule has 0 aromatic heterocycles. The maximum Gasteiger partial charge on any atom is 0.335 e. The van der Waals surface area contributed by atoms with Gasteiger partial charge in [0.15, 0.2) is 0 Å². The van der Waals surface area contributed by atoms with Gasteiger partial charge >= 0.3 is 5.97 Å². The van der Waals surface area contributed by atoms with Crippen LogP contribution in [0.2, 0.25) is 0 Å². The number of nitrogens with zero attached hydrogens (tertiary/aromatic N) is 1. The number of nitrogen functional groups attached to an aromatic ring is 1. The number of carboxylic acid groups (broad SMARTS) is 1. The summed E-state index contributed by atoms with van der Waals surface area (Å²) < 4.78 is 5.68. The Labute approximate surface area is 139 Å². The van der Waals surface area contributed by atoms with Crippen molar-refractivity contribution in [2.45, 2.75) is 6.42 Å². The summed E-state index contributed by atoms with van der Waals surface area (Å²) >= 11 is 0. The summed E-state index contributed by atoms with van der Waals surface area (Å²) in [6, 6.07) is 13.5. The van der Waals surface area contributed by atoms with E-state index in [0.717, 1.165) is 5.69 Å². The minimum Gasteiger partial charge on any atom is -0.493 e. The minimum atomic E-state index is -0.970. The van der Waals surface area contributed by atoms with E-state index in [4.69, 9.17) is 15.6 Å². The molecule has 1 aliphatic rings. The van der Waals surface area contributed by atoms with Crippen LogP contribution in [0.3, 0.4) is 0 Å². The van der Waals surface area contributed by atoms with Crippen molar-refractivity contribution >= 4 is 23.3 Å². The van der Waals surface area contributed by atoms with E-state index in [9.17, 15) is 9.59 Å². The molecule has 1 aliphatic heterocycles. The Morgan fingerprint density at radius 2 is 1.83 bits per heavy atom. The van der Waals surface area contributed by atoms with Gasteiger partial charge in [0.25, 0.3) is 0 Å². The lowest BCUT2D eigenvalue weighted by Crippen LogP contribution is -2.25. The standard InChI is InChI=1S/C18H18N2O4/c19-14-3-5-15(6-4-14)20-10-12(9-17(20)21)11-24-16-7-1-13(2-8-16)18(22)23/h1-8,12H,9-11,19H2,(H,22,23). The number of rotatable bonds is 5. The quantitative estimate of drug-likeness (QED) is 0.823. The molecule has 0 saturated carbocycles. The number of carboxylic acids is 1. The van der Waals surface area contributed by atoms with Crippen molar-refractivity contribution in [2.75, 3.05) is 23.8 Å². The zero-order chi connectivity index (χ0) is 17.1. The van der Waals surface area contributed by atoms with E-state index < -0.39 is 5.97 Å².